The fourth-order valence-electron chi connectivity index (χ4n) is 2.67. The van der Waals surface area contributed by atoms with Crippen LogP contribution in [0, 0.1) is 0 Å². The number of unbranched alkanes of at least 4 members (excludes halogenated alkanes) is 12. The smallest absolute Gasteiger partial charge is 0.00490 e. The first-order valence-electron chi connectivity index (χ1n) is 9.77. The van der Waals surface area contributed by atoms with Crippen LogP contribution in [0.1, 0.15) is 104 Å². The first-order chi connectivity index (χ1) is 10.4. The van der Waals surface area contributed by atoms with Crippen molar-refractivity contribution in [3.63, 3.8) is 0 Å². The molecule has 1 N–H and O–H groups in total. The van der Waals surface area contributed by atoms with Gasteiger partial charge < -0.3 is 5.32 Å². The Hall–Kier alpha value is -0.300. The molecule has 0 rings (SSSR count). The number of rotatable bonds is 17. The summed E-state index contributed by atoms with van der Waals surface area (Å²) in [4.78, 5) is 0. The summed E-state index contributed by atoms with van der Waals surface area (Å²) in [5.41, 5.74) is 0. The molecule has 0 atom stereocenters. The minimum Gasteiger partial charge on any atom is -0.317 e. The van der Waals surface area contributed by atoms with Crippen LogP contribution in [0.3, 0.4) is 0 Å². The summed E-state index contributed by atoms with van der Waals surface area (Å²) < 4.78 is 0. The van der Waals surface area contributed by atoms with Gasteiger partial charge in [-0.05, 0) is 45.2 Å². The average Bonchev–Trinajstić information content (AvgIpc) is 2.50. The monoisotopic (exact) mass is 295 g/mol. The highest BCUT2D eigenvalue weighted by molar-refractivity contribution is 4.81. The lowest BCUT2D eigenvalue weighted by molar-refractivity contribution is 0.573. The molecule has 0 saturated carbocycles. The minimum atomic E-state index is 1.12. The Morgan fingerprint density at radius 2 is 1.05 bits per heavy atom. The molecular formula is C20H41N. The molecule has 0 aliphatic heterocycles. The van der Waals surface area contributed by atoms with Crippen molar-refractivity contribution < 1.29 is 0 Å². The van der Waals surface area contributed by atoms with Crippen LogP contribution in [-0.4, -0.2) is 13.1 Å². The van der Waals surface area contributed by atoms with E-state index in [-0.39, 0.29) is 0 Å². The minimum absolute atomic E-state index is 1.12. The Kier molecular flexibility index (Phi) is 19.4. The van der Waals surface area contributed by atoms with Gasteiger partial charge in [-0.3, -0.25) is 0 Å². The lowest BCUT2D eigenvalue weighted by Crippen LogP contribution is -2.13. The highest BCUT2D eigenvalue weighted by Gasteiger charge is 1.91. The maximum atomic E-state index is 3.39. The highest BCUT2D eigenvalue weighted by Crippen LogP contribution is 2.09. The molecule has 0 spiro atoms. The largest absolute Gasteiger partial charge is 0.317 e. The van der Waals surface area contributed by atoms with Gasteiger partial charge in [-0.15, -0.1) is 0 Å². The molecule has 0 amide bonds. The maximum absolute atomic E-state index is 3.39. The van der Waals surface area contributed by atoms with E-state index in [0.29, 0.717) is 0 Å². The van der Waals surface area contributed by atoms with E-state index < -0.39 is 0 Å². The van der Waals surface area contributed by atoms with Crippen molar-refractivity contribution in [2.75, 3.05) is 13.1 Å². The van der Waals surface area contributed by atoms with Crippen LogP contribution < -0.4 is 5.32 Å². The standard InChI is InChI=1S/C20H41N/c1-3-5-6-7-8-9-10-11-12-13-14-15-16-17-18-19-20-21-4-2/h11-12,21H,3-10,13-20H2,1-2H3/b12-11-. The molecule has 126 valence electrons. The molecule has 0 aromatic carbocycles. The molecule has 0 heterocycles. The van der Waals surface area contributed by atoms with Gasteiger partial charge in [0.05, 0.1) is 0 Å². The molecule has 0 aliphatic carbocycles. The van der Waals surface area contributed by atoms with Gasteiger partial charge in [-0.2, -0.15) is 0 Å². The normalized spacial score (nSPS) is 11.5. The number of allylic oxidation sites excluding steroid dienone is 2. The van der Waals surface area contributed by atoms with Crippen LogP contribution in [0.15, 0.2) is 12.2 Å². The SMILES string of the molecule is CCCCCCCC/C=C\CCCCCCCCNCC. The molecule has 0 aromatic rings. The van der Waals surface area contributed by atoms with Crippen molar-refractivity contribution in [2.45, 2.75) is 104 Å². The van der Waals surface area contributed by atoms with Crippen LogP contribution in [0.2, 0.25) is 0 Å². The van der Waals surface area contributed by atoms with Gasteiger partial charge >= 0.3 is 0 Å². The van der Waals surface area contributed by atoms with Gasteiger partial charge in [0, 0.05) is 0 Å². The highest BCUT2D eigenvalue weighted by atomic mass is 14.8. The molecule has 0 unspecified atom stereocenters. The van der Waals surface area contributed by atoms with Crippen molar-refractivity contribution in [3.05, 3.63) is 12.2 Å². The molecule has 0 saturated heterocycles. The number of nitrogens with one attached hydrogen (secondary N) is 1. The Morgan fingerprint density at radius 3 is 1.57 bits per heavy atom. The number of hydrogen-bond acceptors (Lipinski definition) is 1. The zero-order valence-electron chi connectivity index (χ0n) is 15.0. The first kappa shape index (κ1) is 20.7. The molecule has 1 heteroatoms. The lowest BCUT2D eigenvalue weighted by atomic mass is 10.1. The summed E-state index contributed by atoms with van der Waals surface area (Å²) >= 11 is 0. The second-order valence-electron chi connectivity index (χ2n) is 6.29. The van der Waals surface area contributed by atoms with Crippen LogP contribution in [-0.2, 0) is 0 Å². The molecule has 0 radical (unpaired) electrons. The van der Waals surface area contributed by atoms with Crippen LogP contribution in [0.25, 0.3) is 0 Å². The van der Waals surface area contributed by atoms with E-state index in [1.54, 1.807) is 0 Å². The van der Waals surface area contributed by atoms with Gasteiger partial charge in [0.2, 0.25) is 0 Å². The summed E-state index contributed by atoms with van der Waals surface area (Å²) in [5, 5.41) is 3.39. The van der Waals surface area contributed by atoms with E-state index in [4.69, 9.17) is 0 Å². The van der Waals surface area contributed by atoms with Gasteiger partial charge in [-0.25, -0.2) is 0 Å². The van der Waals surface area contributed by atoms with Crippen molar-refractivity contribution in [1.82, 2.24) is 5.32 Å². The lowest BCUT2D eigenvalue weighted by Gasteiger charge is -2.01. The van der Waals surface area contributed by atoms with E-state index in [1.807, 2.05) is 0 Å². The van der Waals surface area contributed by atoms with Crippen molar-refractivity contribution in [1.29, 1.82) is 0 Å². The molecule has 0 bridgehead atoms. The molecule has 0 fully saturated rings. The molecule has 1 nitrogen and oxygen atoms in total. The summed E-state index contributed by atoms with van der Waals surface area (Å²) in [6.07, 6.45) is 24.3. The fourth-order valence-corrected chi connectivity index (χ4v) is 2.67. The van der Waals surface area contributed by atoms with E-state index in [9.17, 15) is 0 Å². The van der Waals surface area contributed by atoms with Gasteiger partial charge in [0.25, 0.3) is 0 Å². The Bertz CT molecular complexity index is 198. The first-order valence-corrected chi connectivity index (χ1v) is 9.77. The Morgan fingerprint density at radius 1 is 0.571 bits per heavy atom. The van der Waals surface area contributed by atoms with Crippen LogP contribution in [0.5, 0.6) is 0 Å². The third kappa shape index (κ3) is 19.7. The maximum Gasteiger partial charge on any atom is -0.00490 e. The zero-order valence-corrected chi connectivity index (χ0v) is 15.0. The molecule has 21 heavy (non-hydrogen) atoms. The second-order valence-corrected chi connectivity index (χ2v) is 6.29. The summed E-state index contributed by atoms with van der Waals surface area (Å²) in [6.45, 7) is 6.79. The van der Waals surface area contributed by atoms with Crippen molar-refractivity contribution >= 4 is 0 Å². The van der Waals surface area contributed by atoms with Gasteiger partial charge in [0.15, 0.2) is 0 Å². The van der Waals surface area contributed by atoms with Crippen LogP contribution in [0.4, 0.5) is 0 Å². The third-order valence-corrected chi connectivity index (χ3v) is 4.12. The van der Waals surface area contributed by atoms with Crippen molar-refractivity contribution in [3.8, 4) is 0 Å². The Labute approximate surface area is 135 Å². The summed E-state index contributed by atoms with van der Waals surface area (Å²) in [6, 6.07) is 0. The molecular weight excluding hydrogens is 254 g/mol. The Balaban J connectivity index is 3.02. The van der Waals surface area contributed by atoms with E-state index in [1.165, 1.54) is 96.4 Å². The van der Waals surface area contributed by atoms with E-state index in [2.05, 4.69) is 31.3 Å². The fraction of sp³-hybridized carbons (Fsp3) is 0.900. The topological polar surface area (TPSA) is 12.0 Å². The van der Waals surface area contributed by atoms with Crippen molar-refractivity contribution in [2.24, 2.45) is 0 Å². The van der Waals surface area contributed by atoms with E-state index in [0.717, 1.165) is 6.54 Å². The van der Waals surface area contributed by atoms with Crippen LogP contribution >= 0.6 is 0 Å². The quantitative estimate of drug-likeness (QED) is 0.234. The summed E-state index contributed by atoms with van der Waals surface area (Å²) in [5.74, 6) is 0. The predicted octanol–water partition coefficient (Wildman–Crippen LogP) is 6.63. The molecule has 0 aliphatic rings. The summed E-state index contributed by atoms with van der Waals surface area (Å²) in [7, 11) is 0. The average molecular weight is 296 g/mol. The molecule has 0 aromatic heterocycles. The van der Waals surface area contributed by atoms with Gasteiger partial charge in [-0.1, -0.05) is 83.8 Å². The predicted molar refractivity (Wildman–Crippen MR) is 98.0 cm³/mol. The van der Waals surface area contributed by atoms with Gasteiger partial charge in [0.1, 0.15) is 0 Å². The zero-order chi connectivity index (χ0) is 15.4. The van der Waals surface area contributed by atoms with E-state index >= 15 is 0 Å². The third-order valence-electron chi connectivity index (χ3n) is 4.12. The second kappa shape index (κ2) is 19.7. The number of hydrogen-bond donors (Lipinski definition) is 1.